The number of ether oxygens (including phenoxy) is 1. The average molecular weight is 537 g/mol. The fourth-order valence-electron chi connectivity index (χ4n) is 7.59. The van der Waals surface area contributed by atoms with E-state index in [1.165, 1.54) is 49.4 Å². The van der Waals surface area contributed by atoms with Gasteiger partial charge in [-0.15, -0.1) is 0 Å². The van der Waals surface area contributed by atoms with Gasteiger partial charge < -0.3 is 14.8 Å². The maximum absolute atomic E-state index is 13.8. The predicted octanol–water partition coefficient (Wildman–Crippen LogP) is 6.42. The van der Waals surface area contributed by atoms with Crippen LogP contribution in [-0.4, -0.2) is 45.0 Å². The number of thioether (sulfide) groups is 1. The van der Waals surface area contributed by atoms with E-state index in [4.69, 9.17) is 17.0 Å². The Labute approximate surface area is 229 Å². The van der Waals surface area contributed by atoms with E-state index in [2.05, 4.69) is 17.1 Å². The van der Waals surface area contributed by atoms with E-state index in [9.17, 15) is 9.90 Å². The van der Waals surface area contributed by atoms with Gasteiger partial charge in [-0.25, -0.2) is 0 Å². The lowest BCUT2D eigenvalue weighted by Gasteiger charge is -2.56. The molecule has 1 aliphatic heterocycles. The van der Waals surface area contributed by atoms with Gasteiger partial charge in [0, 0.05) is 29.6 Å². The zero-order valence-corrected chi connectivity index (χ0v) is 23.1. The number of unbranched alkanes of at least 4 members (excludes halogenated alkanes) is 2. The minimum atomic E-state index is 0.0937. The van der Waals surface area contributed by atoms with Gasteiger partial charge >= 0.3 is 0 Å². The number of thiocarbonyl (C=S) groups is 1. The molecular weight excluding hydrogens is 500 g/mol. The Kier molecular flexibility index (Phi) is 7.21. The minimum Gasteiger partial charge on any atom is -0.497 e. The molecule has 4 saturated carbocycles. The van der Waals surface area contributed by atoms with Crippen LogP contribution in [0, 0.1) is 23.7 Å². The Balaban J connectivity index is 1.28. The van der Waals surface area contributed by atoms with Crippen LogP contribution < -0.4 is 4.74 Å². The highest BCUT2D eigenvalue weighted by molar-refractivity contribution is 8.26. The van der Waals surface area contributed by atoms with Crippen LogP contribution in [0.4, 0.5) is 0 Å². The van der Waals surface area contributed by atoms with Gasteiger partial charge in [0.15, 0.2) is 0 Å². The van der Waals surface area contributed by atoms with Crippen LogP contribution in [0.25, 0.3) is 17.3 Å². The molecule has 7 rings (SSSR count). The molecule has 5 nitrogen and oxygen atoms in total. The van der Waals surface area contributed by atoms with Crippen molar-refractivity contribution >= 4 is 40.3 Å². The minimum absolute atomic E-state index is 0.0937. The Hall–Kier alpha value is -2.09. The van der Waals surface area contributed by atoms with Crippen LogP contribution >= 0.6 is 24.0 Å². The fraction of sp³-hybridized carbons (Fsp3) is 0.533. The van der Waals surface area contributed by atoms with Crippen molar-refractivity contribution in [2.24, 2.45) is 23.7 Å². The molecule has 1 aromatic heterocycles. The summed E-state index contributed by atoms with van der Waals surface area (Å²) < 4.78 is 6.17. The van der Waals surface area contributed by atoms with Crippen molar-refractivity contribution in [2.75, 3.05) is 13.7 Å². The number of carbonyl (C=O) groups excluding carboxylic acids is 1. The molecular formula is C30H36N2O3S2. The first-order chi connectivity index (χ1) is 18.0. The van der Waals surface area contributed by atoms with E-state index in [1.807, 2.05) is 29.2 Å². The molecule has 5 fully saturated rings. The molecule has 37 heavy (non-hydrogen) atoms. The molecule has 7 heteroatoms. The van der Waals surface area contributed by atoms with E-state index in [0.29, 0.717) is 17.9 Å². The Bertz CT molecular complexity index is 1190. The number of aryl methyl sites for hydroxylation is 1. The number of amides is 1. The van der Waals surface area contributed by atoms with Crippen molar-refractivity contribution in [1.29, 1.82) is 0 Å². The molecule has 196 valence electrons. The third-order valence-electron chi connectivity index (χ3n) is 8.99. The fourth-order valence-corrected chi connectivity index (χ4v) is 8.91. The molecule has 1 amide bonds. The summed E-state index contributed by atoms with van der Waals surface area (Å²) in [7, 11) is 1.68. The first-order valence-corrected chi connectivity index (χ1v) is 15.0. The lowest BCUT2D eigenvalue weighted by atomic mass is 9.54. The normalized spacial score (nSPS) is 29.6. The maximum Gasteiger partial charge on any atom is 0.266 e. The number of rotatable bonds is 9. The number of benzene rings is 1. The van der Waals surface area contributed by atoms with Gasteiger partial charge in [-0.05, 0) is 105 Å². The Morgan fingerprint density at radius 3 is 2.57 bits per heavy atom. The van der Waals surface area contributed by atoms with Crippen molar-refractivity contribution in [1.82, 2.24) is 9.88 Å². The van der Waals surface area contributed by atoms with Crippen molar-refractivity contribution in [3.05, 3.63) is 46.5 Å². The number of hydrogen-bond donors (Lipinski definition) is 2. The highest BCUT2D eigenvalue weighted by Gasteiger charge is 2.53. The second-order valence-electron chi connectivity index (χ2n) is 11.4. The summed E-state index contributed by atoms with van der Waals surface area (Å²) >= 11 is 7.30. The van der Waals surface area contributed by atoms with Gasteiger partial charge in [-0.1, -0.05) is 42.5 Å². The summed E-state index contributed by atoms with van der Waals surface area (Å²) in [6, 6.07) is 10.5. The zero-order valence-electron chi connectivity index (χ0n) is 21.4. The molecule has 2 heterocycles. The van der Waals surface area contributed by atoms with E-state index >= 15 is 0 Å². The van der Waals surface area contributed by atoms with Crippen molar-refractivity contribution in [3.8, 4) is 17.0 Å². The van der Waals surface area contributed by atoms with Crippen LogP contribution in [0.3, 0.4) is 0 Å². The summed E-state index contributed by atoms with van der Waals surface area (Å²) in [6.45, 7) is 0.224. The largest absolute Gasteiger partial charge is 0.497 e. The number of aromatic amines is 1. The standard InChI is InChI=1S/C30H36N2O3S2/c1-35-24-8-5-7-20(15-24)25-16-21(6-3-2-4-9-33)26(31-25)17-27-29(34)32(30(36)37-27)28-22-11-18-10-19(13-22)14-23(28)12-18/h5,7-8,15-19,22-23,28,31,33H,2-4,6,9-14H2,1H3. The van der Waals surface area contributed by atoms with Crippen LogP contribution in [0.5, 0.6) is 5.75 Å². The summed E-state index contributed by atoms with van der Waals surface area (Å²) in [5, 5.41) is 9.19. The first kappa shape index (κ1) is 25.2. The van der Waals surface area contributed by atoms with Gasteiger partial charge in [0.1, 0.15) is 10.1 Å². The highest BCUT2D eigenvalue weighted by Crippen LogP contribution is 2.56. The van der Waals surface area contributed by atoms with Crippen LogP contribution in [0.15, 0.2) is 35.2 Å². The number of nitrogens with one attached hydrogen (secondary N) is 1. The lowest BCUT2D eigenvalue weighted by Crippen LogP contribution is -2.57. The number of aliphatic hydroxyl groups is 1. The second kappa shape index (κ2) is 10.6. The van der Waals surface area contributed by atoms with Crippen LogP contribution in [0.1, 0.15) is 62.6 Å². The molecule has 0 atom stereocenters. The number of nitrogens with zero attached hydrogens (tertiary/aromatic N) is 1. The molecule has 4 bridgehead atoms. The third kappa shape index (κ3) is 4.90. The van der Waals surface area contributed by atoms with Crippen molar-refractivity contribution < 1.29 is 14.6 Å². The number of methoxy groups -OCH3 is 1. The van der Waals surface area contributed by atoms with Crippen LogP contribution in [0.2, 0.25) is 0 Å². The third-order valence-corrected chi connectivity index (χ3v) is 10.3. The Morgan fingerprint density at radius 2 is 1.86 bits per heavy atom. The molecule has 5 aliphatic rings. The zero-order chi connectivity index (χ0) is 25.5. The molecule has 1 saturated heterocycles. The first-order valence-electron chi connectivity index (χ1n) is 13.8. The smallest absolute Gasteiger partial charge is 0.266 e. The summed E-state index contributed by atoms with van der Waals surface area (Å²) in [5.74, 6) is 3.88. The van der Waals surface area contributed by atoms with Crippen molar-refractivity contribution in [2.45, 2.75) is 63.8 Å². The van der Waals surface area contributed by atoms with Gasteiger partial charge in [0.2, 0.25) is 0 Å². The monoisotopic (exact) mass is 536 g/mol. The molecule has 0 unspecified atom stereocenters. The van der Waals surface area contributed by atoms with Crippen LogP contribution in [-0.2, 0) is 11.2 Å². The molecule has 1 aromatic carbocycles. The van der Waals surface area contributed by atoms with Gasteiger partial charge in [-0.2, -0.15) is 0 Å². The van der Waals surface area contributed by atoms with Gasteiger partial charge in [-0.3, -0.25) is 9.69 Å². The summed E-state index contributed by atoms with van der Waals surface area (Å²) in [5.41, 5.74) is 4.23. The summed E-state index contributed by atoms with van der Waals surface area (Å²) in [4.78, 5) is 20.1. The number of H-pyrrole nitrogens is 1. The van der Waals surface area contributed by atoms with E-state index in [1.54, 1.807) is 7.11 Å². The number of carbonyl (C=O) groups is 1. The van der Waals surface area contributed by atoms with Gasteiger partial charge in [0.25, 0.3) is 5.91 Å². The lowest BCUT2D eigenvalue weighted by molar-refractivity contribution is -0.130. The molecule has 2 aromatic rings. The molecule has 0 radical (unpaired) electrons. The Morgan fingerprint density at radius 1 is 1.11 bits per heavy atom. The van der Waals surface area contributed by atoms with E-state index in [0.717, 1.165) is 69.4 Å². The quantitative estimate of drug-likeness (QED) is 0.220. The number of aliphatic hydroxyl groups excluding tert-OH is 1. The summed E-state index contributed by atoms with van der Waals surface area (Å²) in [6.07, 6.45) is 12.2. The predicted molar refractivity (Wildman–Crippen MR) is 153 cm³/mol. The number of aromatic nitrogens is 1. The molecule has 0 spiro atoms. The van der Waals surface area contributed by atoms with Gasteiger partial charge in [0.05, 0.1) is 12.0 Å². The molecule has 4 aliphatic carbocycles. The average Bonchev–Trinajstić information content (AvgIpc) is 3.42. The maximum atomic E-state index is 13.8. The SMILES string of the molecule is COc1cccc(-c2cc(CCCCCO)c(C=C3SC(=S)N(C4C5CC6CC(C5)CC4C6)C3=O)[nH]2)c1. The highest BCUT2D eigenvalue weighted by atomic mass is 32.2. The van der Waals surface area contributed by atoms with Crippen molar-refractivity contribution in [3.63, 3.8) is 0 Å². The van der Waals surface area contributed by atoms with E-state index < -0.39 is 0 Å². The molecule has 2 N–H and O–H groups in total. The second-order valence-corrected chi connectivity index (χ2v) is 13.0. The topological polar surface area (TPSA) is 65.6 Å². The van der Waals surface area contributed by atoms with E-state index in [-0.39, 0.29) is 12.5 Å². The number of hydrogen-bond acceptors (Lipinski definition) is 5.